The SMILES string of the molecule is COc1ccccc1CC[C@@H]1CCN([C@@H](C)c2ccccc2)C1=O. The molecule has 3 rings (SSSR count). The number of para-hydroxylation sites is 1. The first-order valence-electron chi connectivity index (χ1n) is 8.68. The van der Waals surface area contributed by atoms with Gasteiger partial charge in [0.25, 0.3) is 0 Å². The summed E-state index contributed by atoms with van der Waals surface area (Å²) in [6.45, 7) is 2.97. The van der Waals surface area contributed by atoms with Crippen molar-refractivity contribution in [1.82, 2.24) is 4.90 Å². The fraction of sp³-hybridized carbons (Fsp3) is 0.381. The van der Waals surface area contributed by atoms with Gasteiger partial charge < -0.3 is 9.64 Å². The largest absolute Gasteiger partial charge is 0.496 e. The van der Waals surface area contributed by atoms with E-state index in [1.165, 1.54) is 11.1 Å². The molecule has 3 heteroatoms. The molecule has 0 aromatic heterocycles. The number of hydrogen-bond acceptors (Lipinski definition) is 2. The Labute approximate surface area is 144 Å². The highest BCUT2D eigenvalue weighted by molar-refractivity contribution is 5.81. The Hall–Kier alpha value is -2.29. The van der Waals surface area contributed by atoms with Crippen molar-refractivity contribution >= 4 is 5.91 Å². The summed E-state index contributed by atoms with van der Waals surface area (Å²) in [4.78, 5) is 14.8. The molecule has 0 N–H and O–H groups in total. The predicted octanol–water partition coefficient (Wildman–Crippen LogP) is 4.24. The van der Waals surface area contributed by atoms with E-state index in [4.69, 9.17) is 4.74 Å². The van der Waals surface area contributed by atoms with Gasteiger partial charge in [0.15, 0.2) is 0 Å². The van der Waals surface area contributed by atoms with Crippen molar-refractivity contribution < 1.29 is 9.53 Å². The van der Waals surface area contributed by atoms with E-state index < -0.39 is 0 Å². The Morgan fingerprint density at radius 3 is 2.58 bits per heavy atom. The van der Waals surface area contributed by atoms with Crippen LogP contribution in [0.5, 0.6) is 5.75 Å². The molecule has 1 heterocycles. The minimum absolute atomic E-state index is 0.126. The summed E-state index contributed by atoms with van der Waals surface area (Å²) in [5.41, 5.74) is 2.39. The van der Waals surface area contributed by atoms with Gasteiger partial charge in [0.05, 0.1) is 13.2 Å². The topological polar surface area (TPSA) is 29.5 Å². The minimum Gasteiger partial charge on any atom is -0.496 e. The molecule has 1 saturated heterocycles. The van der Waals surface area contributed by atoms with E-state index >= 15 is 0 Å². The van der Waals surface area contributed by atoms with Crippen LogP contribution in [0.3, 0.4) is 0 Å². The van der Waals surface area contributed by atoms with E-state index in [1.54, 1.807) is 7.11 Å². The molecule has 3 nitrogen and oxygen atoms in total. The zero-order valence-electron chi connectivity index (χ0n) is 14.4. The molecule has 0 saturated carbocycles. The quantitative estimate of drug-likeness (QED) is 0.796. The first kappa shape index (κ1) is 16.6. The lowest BCUT2D eigenvalue weighted by atomic mass is 9.97. The van der Waals surface area contributed by atoms with Crippen LogP contribution in [0.15, 0.2) is 54.6 Å². The number of amides is 1. The van der Waals surface area contributed by atoms with Gasteiger partial charge in [-0.25, -0.2) is 0 Å². The van der Waals surface area contributed by atoms with E-state index in [0.29, 0.717) is 5.91 Å². The first-order valence-corrected chi connectivity index (χ1v) is 8.68. The maximum absolute atomic E-state index is 12.8. The van der Waals surface area contributed by atoms with Crippen LogP contribution in [0.1, 0.15) is 36.9 Å². The average molecular weight is 323 g/mol. The fourth-order valence-corrected chi connectivity index (χ4v) is 3.57. The molecule has 1 aliphatic heterocycles. The predicted molar refractivity (Wildman–Crippen MR) is 96.0 cm³/mol. The van der Waals surface area contributed by atoms with Crippen molar-refractivity contribution in [2.45, 2.75) is 32.2 Å². The number of aryl methyl sites for hydroxylation is 1. The molecule has 0 radical (unpaired) electrons. The van der Waals surface area contributed by atoms with Crippen LogP contribution in [0.25, 0.3) is 0 Å². The normalized spacial score (nSPS) is 18.7. The lowest BCUT2D eigenvalue weighted by molar-refractivity contribution is -0.132. The Morgan fingerprint density at radius 1 is 1.12 bits per heavy atom. The summed E-state index contributed by atoms with van der Waals surface area (Å²) >= 11 is 0. The van der Waals surface area contributed by atoms with Crippen LogP contribution in [0, 0.1) is 5.92 Å². The van der Waals surface area contributed by atoms with Gasteiger partial charge in [0.1, 0.15) is 5.75 Å². The van der Waals surface area contributed by atoms with Gasteiger partial charge in [-0.05, 0) is 43.4 Å². The summed E-state index contributed by atoms with van der Waals surface area (Å²) in [6, 6.07) is 18.5. The molecule has 0 spiro atoms. The van der Waals surface area contributed by atoms with Crippen LogP contribution >= 0.6 is 0 Å². The van der Waals surface area contributed by atoms with E-state index in [2.05, 4.69) is 25.1 Å². The number of ether oxygens (including phenoxy) is 1. The second kappa shape index (κ2) is 7.52. The summed E-state index contributed by atoms with van der Waals surface area (Å²) in [7, 11) is 1.70. The Morgan fingerprint density at radius 2 is 1.83 bits per heavy atom. The minimum atomic E-state index is 0.126. The van der Waals surface area contributed by atoms with E-state index in [9.17, 15) is 4.79 Å². The molecule has 2 aromatic rings. The van der Waals surface area contributed by atoms with E-state index in [-0.39, 0.29) is 12.0 Å². The molecule has 2 aromatic carbocycles. The molecule has 126 valence electrons. The van der Waals surface area contributed by atoms with E-state index in [0.717, 1.165) is 31.6 Å². The van der Waals surface area contributed by atoms with Crippen molar-refractivity contribution in [3.8, 4) is 5.75 Å². The van der Waals surface area contributed by atoms with Gasteiger partial charge in [-0.2, -0.15) is 0 Å². The molecule has 1 fully saturated rings. The van der Waals surface area contributed by atoms with Crippen molar-refractivity contribution in [2.24, 2.45) is 5.92 Å². The van der Waals surface area contributed by atoms with Gasteiger partial charge in [0.2, 0.25) is 5.91 Å². The number of rotatable bonds is 6. The molecule has 1 aliphatic rings. The zero-order valence-corrected chi connectivity index (χ0v) is 14.4. The molecule has 24 heavy (non-hydrogen) atoms. The molecule has 0 unspecified atom stereocenters. The Balaban J connectivity index is 1.62. The number of methoxy groups -OCH3 is 1. The number of carbonyl (C=O) groups excluding carboxylic acids is 1. The molecule has 0 bridgehead atoms. The summed E-state index contributed by atoms with van der Waals surface area (Å²) in [5.74, 6) is 1.33. The lowest BCUT2D eigenvalue weighted by Gasteiger charge is -2.25. The Kier molecular flexibility index (Phi) is 5.19. The summed E-state index contributed by atoms with van der Waals surface area (Å²) in [6.07, 6.45) is 2.72. The second-order valence-corrected chi connectivity index (χ2v) is 6.45. The van der Waals surface area contributed by atoms with Crippen LogP contribution in [-0.4, -0.2) is 24.5 Å². The number of carbonyl (C=O) groups is 1. The maximum atomic E-state index is 12.8. The molecular weight excluding hydrogens is 298 g/mol. The van der Waals surface area contributed by atoms with Gasteiger partial charge in [-0.3, -0.25) is 4.79 Å². The molecule has 2 atom stereocenters. The van der Waals surface area contributed by atoms with Crippen LogP contribution in [0.4, 0.5) is 0 Å². The fourth-order valence-electron chi connectivity index (χ4n) is 3.57. The third-order valence-corrected chi connectivity index (χ3v) is 5.05. The van der Waals surface area contributed by atoms with Crippen LogP contribution in [-0.2, 0) is 11.2 Å². The second-order valence-electron chi connectivity index (χ2n) is 6.45. The first-order chi connectivity index (χ1) is 11.7. The summed E-state index contributed by atoms with van der Waals surface area (Å²) < 4.78 is 5.41. The van der Waals surface area contributed by atoms with Crippen LogP contribution < -0.4 is 4.74 Å². The number of likely N-dealkylation sites (tertiary alicyclic amines) is 1. The third kappa shape index (κ3) is 3.45. The zero-order chi connectivity index (χ0) is 16.9. The highest BCUT2D eigenvalue weighted by Crippen LogP contribution is 2.31. The highest BCUT2D eigenvalue weighted by Gasteiger charge is 2.34. The number of nitrogens with zero attached hydrogens (tertiary/aromatic N) is 1. The monoisotopic (exact) mass is 323 g/mol. The Bertz CT molecular complexity index is 683. The van der Waals surface area contributed by atoms with Gasteiger partial charge in [-0.15, -0.1) is 0 Å². The van der Waals surface area contributed by atoms with Crippen molar-refractivity contribution in [3.05, 3.63) is 65.7 Å². The van der Waals surface area contributed by atoms with Gasteiger partial charge >= 0.3 is 0 Å². The summed E-state index contributed by atoms with van der Waals surface area (Å²) in [5, 5.41) is 0. The molecular formula is C21H25NO2. The number of hydrogen-bond donors (Lipinski definition) is 0. The number of benzene rings is 2. The molecule has 0 aliphatic carbocycles. The van der Waals surface area contributed by atoms with Crippen molar-refractivity contribution in [1.29, 1.82) is 0 Å². The van der Waals surface area contributed by atoms with Gasteiger partial charge in [0, 0.05) is 12.5 Å². The maximum Gasteiger partial charge on any atom is 0.226 e. The molecule has 1 amide bonds. The highest BCUT2D eigenvalue weighted by atomic mass is 16.5. The third-order valence-electron chi connectivity index (χ3n) is 5.05. The van der Waals surface area contributed by atoms with E-state index in [1.807, 2.05) is 41.3 Å². The van der Waals surface area contributed by atoms with Crippen molar-refractivity contribution in [2.75, 3.05) is 13.7 Å². The lowest BCUT2D eigenvalue weighted by Crippen LogP contribution is -2.30. The average Bonchev–Trinajstić information content (AvgIpc) is 3.01. The van der Waals surface area contributed by atoms with Gasteiger partial charge in [-0.1, -0.05) is 48.5 Å². The smallest absolute Gasteiger partial charge is 0.226 e. The standard InChI is InChI=1S/C21H25NO2/c1-16(17-8-4-3-5-9-17)22-15-14-19(21(22)23)13-12-18-10-6-7-11-20(18)24-2/h3-11,16,19H,12-15H2,1-2H3/t16-,19+/m0/s1. The van der Waals surface area contributed by atoms with Crippen molar-refractivity contribution in [3.63, 3.8) is 0 Å². The van der Waals surface area contributed by atoms with Crippen LogP contribution in [0.2, 0.25) is 0 Å².